The Morgan fingerprint density at radius 2 is 1.84 bits per heavy atom. The maximum atomic E-state index is 13.5. The number of hydrogen-bond acceptors (Lipinski definition) is 10. The van der Waals surface area contributed by atoms with Crippen LogP contribution in [0, 0.1) is 0 Å². The van der Waals surface area contributed by atoms with Crippen molar-refractivity contribution in [1.82, 2.24) is 20.2 Å². The van der Waals surface area contributed by atoms with Crippen LogP contribution >= 0.6 is 0 Å². The zero-order valence-electron chi connectivity index (χ0n) is 25.0. The van der Waals surface area contributed by atoms with Gasteiger partial charge in [0.15, 0.2) is 17.3 Å². The first-order chi connectivity index (χ1) is 21.2. The van der Waals surface area contributed by atoms with Crippen molar-refractivity contribution in [1.29, 1.82) is 0 Å². The molecule has 1 aromatic heterocycles. The molecular weight excluding hydrogens is 583 g/mol. The van der Waals surface area contributed by atoms with Crippen LogP contribution in [-0.2, 0) is 14.2 Å². The molecule has 0 aliphatic carbocycles. The highest BCUT2D eigenvalue weighted by Gasteiger charge is 2.33. The molecule has 1 amide bonds. The number of nitrogens with zero attached hydrogens (tertiary/aromatic N) is 3. The molecule has 3 fully saturated rings. The number of carbonyl (C=O) groups excluding carboxylic acids is 1. The second-order valence-corrected chi connectivity index (χ2v) is 11.3. The predicted octanol–water partition coefficient (Wildman–Crippen LogP) is 4.10. The second-order valence-electron chi connectivity index (χ2n) is 11.3. The monoisotopic (exact) mass is 623 g/mol. The number of halogens is 3. The largest absolute Gasteiger partial charge is 0.573 e. The molecule has 4 heterocycles. The standard InChI is InChI=1S/C30H40F3N5O6/c1-40-25-17-42-15-12-23(25)37-20-10-13-38(14-11-20)29(39)26-27(41-2)28(36-18-35-26)34-16-22-4-3-5-24(43-22)19-6-8-21(9-7-19)44-30(31,32)33/h6-9,18,20,22-25,37H,3-5,10-17H2,1-2H3,(H,34,35,36). The van der Waals surface area contributed by atoms with Crippen LogP contribution in [0.2, 0.25) is 0 Å². The molecule has 5 rings (SSSR count). The summed E-state index contributed by atoms with van der Waals surface area (Å²) in [4.78, 5) is 23.9. The summed E-state index contributed by atoms with van der Waals surface area (Å²) >= 11 is 0. The first-order valence-corrected chi connectivity index (χ1v) is 15.0. The molecule has 3 aliphatic rings. The number of benzene rings is 1. The molecule has 0 saturated carbocycles. The molecule has 4 atom stereocenters. The van der Waals surface area contributed by atoms with Crippen LogP contribution < -0.4 is 20.1 Å². The average molecular weight is 624 g/mol. The molecule has 4 unspecified atom stereocenters. The quantitative estimate of drug-likeness (QED) is 0.401. The minimum atomic E-state index is -4.74. The van der Waals surface area contributed by atoms with E-state index in [4.69, 9.17) is 18.9 Å². The van der Waals surface area contributed by atoms with Crippen molar-refractivity contribution in [2.75, 3.05) is 52.4 Å². The van der Waals surface area contributed by atoms with E-state index in [-0.39, 0.29) is 53.5 Å². The Balaban J connectivity index is 1.15. The summed E-state index contributed by atoms with van der Waals surface area (Å²) in [7, 11) is 3.19. The molecule has 242 valence electrons. The van der Waals surface area contributed by atoms with Crippen molar-refractivity contribution in [3.63, 3.8) is 0 Å². The summed E-state index contributed by atoms with van der Waals surface area (Å²) in [6, 6.07) is 6.29. The SMILES string of the molecule is COc1c(NCC2CCCC(c3ccc(OC(F)(F)F)cc3)O2)ncnc1C(=O)N1CCC(NC2CCOCC2OC)CC1. The van der Waals surface area contributed by atoms with Crippen molar-refractivity contribution in [3.8, 4) is 11.5 Å². The third-order valence-electron chi connectivity index (χ3n) is 8.38. The average Bonchev–Trinajstić information content (AvgIpc) is 3.03. The number of alkyl halides is 3. The van der Waals surface area contributed by atoms with E-state index in [9.17, 15) is 18.0 Å². The molecular formula is C30H40F3N5O6. The van der Waals surface area contributed by atoms with Crippen molar-refractivity contribution in [2.24, 2.45) is 0 Å². The Kier molecular flexibility index (Phi) is 10.8. The second kappa shape index (κ2) is 14.7. The normalized spacial score (nSPS) is 25.0. The topological polar surface area (TPSA) is 116 Å². The van der Waals surface area contributed by atoms with E-state index in [1.165, 1.54) is 25.6 Å². The van der Waals surface area contributed by atoms with Crippen LogP contribution in [0.15, 0.2) is 30.6 Å². The highest BCUT2D eigenvalue weighted by molar-refractivity contribution is 5.96. The van der Waals surface area contributed by atoms with Crippen molar-refractivity contribution < 1.29 is 41.7 Å². The Labute approximate surface area is 254 Å². The van der Waals surface area contributed by atoms with Gasteiger partial charge in [0.05, 0.1) is 32.0 Å². The maximum Gasteiger partial charge on any atom is 0.573 e. The van der Waals surface area contributed by atoms with Gasteiger partial charge in [-0.1, -0.05) is 12.1 Å². The van der Waals surface area contributed by atoms with E-state index >= 15 is 0 Å². The number of methoxy groups -OCH3 is 2. The van der Waals surface area contributed by atoms with E-state index in [0.717, 1.165) is 44.1 Å². The Bertz CT molecular complexity index is 1230. The Morgan fingerprint density at radius 3 is 2.55 bits per heavy atom. The summed E-state index contributed by atoms with van der Waals surface area (Å²) in [5.41, 5.74) is 0.978. The molecule has 0 spiro atoms. The van der Waals surface area contributed by atoms with E-state index in [0.29, 0.717) is 38.7 Å². The molecule has 44 heavy (non-hydrogen) atoms. The summed E-state index contributed by atoms with van der Waals surface area (Å²) < 4.78 is 64.4. The van der Waals surface area contributed by atoms with E-state index in [1.807, 2.05) is 0 Å². The van der Waals surface area contributed by atoms with Crippen molar-refractivity contribution >= 4 is 11.7 Å². The molecule has 3 aliphatic heterocycles. The van der Waals surface area contributed by atoms with Gasteiger partial charge < -0.3 is 39.2 Å². The number of rotatable bonds is 10. The van der Waals surface area contributed by atoms with Gasteiger partial charge in [-0.25, -0.2) is 9.97 Å². The van der Waals surface area contributed by atoms with Crippen LogP contribution in [-0.4, -0.2) is 98.5 Å². The van der Waals surface area contributed by atoms with Crippen LogP contribution in [0.1, 0.15) is 60.7 Å². The maximum absolute atomic E-state index is 13.5. The molecule has 0 radical (unpaired) electrons. The zero-order valence-corrected chi connectivity index (χ0v) is 25.0. The van der Waals surface area contributed by atoms with Gasteiger partial charge in [-0.05, 0) is 56.2 Å². The van der Waals surface area contributed by atoms with Crippen LogP contribution in [0.3, 0.4) is 0 Å². The predicted molar refractivity (Wildman–Crippen MR) is 154 cm³/mol. The summed E-state index contributed by atoms with van der Waals surface area (Å²) in [5.74, 6) is 0.189. The van der Waals surface area contributed by atoms with E-state index in [1.54, 1.807) is 24.1 Å². The minimum absolute atomic E-state index is 0.0257. The number of piperidine rings is 1. The van der Waals surface area contributed by atoms with Gasteiger partial charge in [0.2, 0.25) is 0 Å². The Hall–Kier alpha value is -3.20. The number of anilines is 1. The minimum Gasteiger partial charge on any atom is -0.491 e. The Morgan fingerprint density at radius 1 is 1.07 bits per heavy atom. The van der Waals surface area contributed by atoms with Crippen LogP contribution in [0.4, 0.5) is 19.0 Å². The van der Waals surface area contributed by atoms with Gasteiger partial charge in [-0.3, -0.25) is 4.79 Å². The lowest BCUT2D eigenvalue weighted by molar-refractivity contribution is -0.274. The lowest BCUT2D eigenvalue weighted by atomic mass is 9.98. The third-order valence-corrected chi connectivity index (χ3v) is 8.38. The number of nitrogens with one attached hydrogen (secondary N) is 2. The lowest BCUT2D eigenvalue weighted by Crippen LogP contribution is -2.54. The van der Waals surface area contributed by atoms with Gasteiger partial charge in [-0.15, -0.1) is 13.2 Å². The highest BCUT2D eigenvalue weighted by Crippen LogP contribution is 2.34. The van der Waals surface area contributed by atoms with Crippen LogP contribution in [0.5, 0.6) is 11.5 Å². The smallest absolute Gasteiger partial charge is 0.491 e. The van der Waals surface area contributed by atoms with Gasteiger partial charge >= 0.3 is 6.36 Å². The van der Waals surface area contributed by atoms with Gasteiger partial charge in [0.1, 0.15) is 12.1 Å². The van der Waals surface area contributed by atoms with Gasteiger partial charge in [0.25, 0.3) is 5.91 Å². The molecule has 1 aromatic carbocycles. The summed E-state index contributed by atoms with van der Waals surface area (Å²) in [6.45, 7) is 2.88. The fraction of sp³-hybridized carbons (Fsp3) is 0.633. The van der Waals surface area contributed by atoms with Crippen LogP contribution in [0.25, 0.3) is 0 Å². The number of aromatic nitrogens is 2. The number of likely N-dealkylation sites (tertiary alicyclic amines) is 1. The molecule has 2 aromatic rings. The highest BCUT2D eigenvalue weighted by atomic mass is 19.4. The molecule has 2 N–H and O–H groups in total. The zero-order chi connectivity index (χ0) is 31.1. The van der Waals surface area contributed by atoms with Gasteiger partial charge in [-0.2, -0.15) is 0 Å². The molecule has 11 nitrogen and oxygen atoms in total. The van der Waals surface area contributed by atoms with Crippen molar-refractivity contribution in [2.45, 2.75) is 75.3 Å². The third kappa shape index (κ3) is 8.29. The molecule has 3 saturated heterocycles. The van der Waals surface area contributed by atoms with Crippen molar-refractivity contribution in [3.05, 3.63) is 41.9 Å². The molecule has 0 bridgehead atoms. The fourth-order valence-corrected chi connectivity index (χ4v) is 6.07. The van der Waals surface area contributed by atoms with E-state index in [2.05, 4.69) is 25.3 Å². The number of ether oxygens (including phenoxy) is 5. The fourth-order valence-electron chi connectivity index (χ4n) is 6.07. The van der Waals surface area contributed by atoms with E-state index < -0.39 is 6.36 Å². The number of carbonyl (C=O) groups is 1. The summed E-state index contributed by atoms with van der Waals surface area (Å²) in [5, 5.41) is 6.95. The lowest BCUT2D eigenvalue weighted by Gasteiger charge is -2.38. The first kappa shape index (κ1) is 32.2. The molecule has 14 heteroatoms. The number of amides is 1. The summed E-state index contributed by atoms with van der Waals surface area (Å²) in [6.07, 6.45) is 1.14. The van der Waals surface area contributed by atoms with Gasteiger partial charge in [0, 0.05) is 45.4 Å². The number of hydrogen-bond donors (Lipinski definition) is 2. The first-order valence-electron chi connectivity index (χ1n) is 15.0.